The van der Waals surface area contributed by atoms with Crippen molar-refractivity contribution >= 4 is 45.6 Å². The first-order chi connectivity index (χ1) is 21.6. The molecule has 258 valence electrons. The van der Waals surface area contributed by atoms with Crippen LogP contribution in [0.3, 0.4) is 0 Å². The first kappa shape index (κ1) is 38.7. The Hall–Kier alpha value is -3.74. The summed E-state index contributed by atoms with van der Waals surface area (Å²) in [7, 11) is 1.36. The Morgan fingerprint density at radius 3 is 1.52 bits per heavy atom. The largest absolute Gasteiger partial charge is 0.456 e. The fourth-order valence-corrected chi connectivity index (χ4v) is 7.35. The van der Waals surface area contributed by atoms with E-state index in [1.807, 2.05) is 12.1 Å². The molecule has 0 spiro atoms. The zero-order valence-corrected chi connectivity index (χ0v) is 26.7. The average Bonchev–Trinajstić information content (AvgIpc) is 3.57. The predicted molar refractivity (Wildman–Crippen MR) is 179 cm³/mol. The third kappa shape index (κ3) is 6.88. The predicted octanol–water partition coefficient (Wildman–Crippen LogP) is 10.8. The van der Waals surface area contributed by atoms with E-state index in [0.29, 0.717) is 16.9 Å². The minimum absolute atomic E-state index is 0. The zero-order valence-electron chi connectivity index (χ0n) is 25.1. The Labute approximate surface area is 284 Å². The van der Waals surface area contributed by atoms with Crippen LogP contribution in [0.15, 0.2) is 60.7 Å². The summed E-state index contributed by atoms with van der Waals surface area (Å²) < 4.78 is 101. The van der Waals surface area contributed by atoms with Gasteiger partial charge in [0, 0.05) is 43.3 Å². The van der Waals surface area contributed by atoms with Crippen LogP contribution in [0.1, 0.15) is 84.3 Å². The van der Waals surface area contributed by atoms with Gasteiger partial charge < -0.3 is 9.47 Å². The molecule has 0 atom stereocenters. The molecule has 0 fully saturated rings. The van der Waals surface area contributed by atoms with Gasteiger partial charge in [-0.1, -0.05) is 51.3 Å². The molecule has 2 aromatic carbocycles. The van der Waals surface area contributed by atoms with Gasteiger partial charge in [0.1, 0.15) is 6.61 Å². The summed E-state index contributed by atoms with van der Waals surface area (Å²) in [6.45, 7) is 3.87. The van der Waals surface area contributed by atoms with Crippen molar-refractivity contribution in [3.05, 3.63) is 114 Å². The highest BCUT2D eigenvalue weighted by Crippen LogP contribution is 2.65. The molecule has 2 heterocycles. The van der Waals surface area contributed by atoms with Crippen molar-refractivity contribution in [2.45, 2.75) is 73.0 Å². The van der Waals surface area contributed by atoms with Gasteiger partial charge in [-0.05, 0) is 73.7 Å². The van der Waals surface area contributed by atoms with Crippen LogP contribution in [0.4, 0.5) is 26.3 Å². The number of thiophene rings is 2. The first-order valence-corrected chi connectivity index (χ1v) is 15.6. The van der Waals surface area contributed by atoms with E-state index in [2.05, 4.69) is 0 Å². The highest BCUT2D eigenvalue weighted by molar-refractivity contribution is 7.12. The molecule has 0 saturated carbocycles. The number of alkyl halides is 6. The van der Waals surface area contributed by atoms with Gasteiger partial charge >= 0.3 is 23.7 Å². The summed E-state index contributed by atoms with van der Waals surface area (Å²) in [6.07, 6.45) is 0.559. The van der Waals surface area contributed by atoms with Gasteiger partial charge in [-0.2, -0.15) is 26.3 Å². The summed E-state index contributed by atoms with van der Waals surface area (Å²) >= 11 is 1.88. The molecule has 1 aliphatic rings. The van der Waals surface area contributed by atoms with Crippen molar-refractivity contribution in [3.8, 4) is 0 Å². The number of halogens is 6. The van der Waals surface area contributed by atoms with Gasteiger partial charge in [0.15, 0.2) is 5.78 Å². The van der Waals surface area contributed by atoms with E-state index in [1.165, 1.54) is 33.9 Å². The lowest BCUT2D eigenvalue weighted by molar-refractivity contribution is -0.254. The van der Waals surface area contributed by atoms with Crippen LogP contribution < -0.4 is 0 Å². The fourth-order valence-electron chi connectivity index (χ4n) is 5.37. The third-order valence-electron chi connectivity index (χ3n) is 7.73. The maximum absolute atomic E-state index is 15.3. The van der Waals surface area contributed by atoms with Crippen LogP contribution in [0.2, 0.25) is 0 Å². The normalized spacial score (nSPS) is 15.9. The molecular formula is C36H36F6O4S2. The van der Waals surface area contributed by atoms with Crippen LogP contribution in [0.5, 0.6) is 0 Å². The second kappa shape index (κ2) is 14.4. The molecule has 0 N–H and O–H groups in total. The molecule has 48 heavy (non-hydrogen) atoms. The summed E-state index contributed by atoms with van der Waals surface area (Å²) in [5.41, 5.74) is -1.00. The number of Topliss-reactive ketones (excluding diaryl/α,β-unsaturated/α-hetero) is 1. The molecule has 4 nitrogen and oxygen atoms in total. The number of allylic oxidation sites excluding steroid dienone is 2. The van der Waals surface area contributed by atoms with Crippen LogP contribution >= 0.6 is 22.7 Å². The SMILES string of the molecule is C.C.COCc1cc(C2=C(c3cc(COC(=O)c4ccc(Cc5ccc(C(C)=O)cc5)cc4)sc3C)C(F)(F)C(F)(F)C2(F)F)c(C)s1. The smallest absolute Gasteiger partial charge is 0.380 e. The van der Waals surface area contributed by atoms with Crippen LogP contribution in [0, 0.1) is 13.8 Å². The summed E-state index contributed by atoms with van der Waals surface area (Å²) in [5, 5.41) is 0. The average molecular weight is 711 g/mol. The molecule has 0 amide bonds. The standard InChI is InChI=1S/C34H28F6O4S2.2CH4/c1-18(41)23-9-5-21(6-10-23)13-22-7-11-24(12-8-22)31(42)44-17-26-15-28(20(3)46-26)30-29(27-14-25(16-43-4)45-19(27)2)32(35,36)34(39,40)33(30,37)38;;/h5-12,14-15H,13,16-17H2,1-4H3;2*1H4. The fraction of sp³-hybridized carbons (Fsp3) is 0.333. The van der Waals surface area contributed by atoms with Crippen LogP contribution in [-0.2, 0) is 29.1 Å². The van der Waals surface area contributed by atoms with Crippen molar-refractivity contribution < 1.29 is 45.4 Å². The summed E-state index contributed by atoms with van der Waals surface area (Å²) in [6, 6.07) is 16.1. The van der Waals surface area contributed by atoms with Crippen molar-refractivity contribution in [1.29, 1.82) is 0 Å². The molecule has 4 aromatic rings. The first-order valence-electron chi connectivity index (χ1n) is 14.0. The number of ketones is 1. The summed E-state index contributed by atoms with van der Waals surface area (Å²) in [4.78, 5) is 25.1. The second-order valence-corrected chi connectivity index (χ2v) is 13.7. The number of aryl methyl sites for hydroxylation is 2. The minimum atomic E-state index is -5.67. The topological polar surface area (TPSA) is 52.6 Å². The maximum Gasteiger partial charge on any atom is 0.380 e. The van der Waals surface area contributed by atoms with E-state index >= 15 is 17.6 Å². The number of benzene rings is 2. The molecule has 5 rings (SSSR count). The van der Waals surface area contributed by atoms with Crippen molar-refractivity contribution in [2.24, 2.45) is 0 Å². The number of rotatable bonds is 10. The van der Waals surface area contributed by atoms with Gasteiger partial charge in [-0.3, -0.25) is 4.79 Å². The molecule has 1 aliphatic carbocycles. The summed E-state index contributed by atoms with van der Waals surface area (Å²) in [5.74, 6) is -16.8. The van der Waals surface area contributed by atoms with Crippen molar-refractivity contribution in [3.63, 3.8) is 0 Å². The number of methoxy groups -OCH3 is 1. The number of ether oxygens (including phenoxy) is 2. The number of carbonyl (C=O) groups is 2. The van der Waals surface area contributed by atoms with E-state index < -0.39 is 40.4 Å². The number of esters is 1. The van der Waals surface area contributed by atoms with Crippen molar-refractivity contribution in [1.82, 2.24) is 0 Å². The lowest BCUT2D eigenvalue weighted by Gasteiger charge is -2.25. The van der Waals surface area contributed by atoms with Gasteiger partial charge in [-0.15, -0.1) is 22.7 Å². The lowest BCUT2D eigenvalue weighted by atomic mass is 9.95. The molecule has 0 aliphatic heterocycles. The van der Waals surface area contributed by atoms with Crippen LogP contribution in [-0.4, -0.2) is 36.6 Å². The Balaban J connectivity index is 0.00000312. The molecular weight excluding hydrogens is 675 g/mol. The number of hydrogen-bond donors (Lipinski definition) is 0. The lowest BCUT2D eigenvalue weighted by Crippen LogP contribution is -2.48. The van der Waals surface area contributed by atoms with Crippen molar-refractivity contribution in [2.75, 3.05) is 7.11 Å². The van der Waals surface area contributed by atoms with E-state index in [9.17, 15) is 18.4 Å². The molecule has 2 aromatic heterocycles. The third-order valence-corrected chi connectivity index (χ3v) is 9.78. The van der Waals surface area contributed by atoms with Gasteiger partial charge in [0.25, 0.3) is 0 Å². The van der Waals surface area contributed by atoms with Crippen LogP contribution in [0.25, 0.3) is 11.1 Å². The van der Waals surface area contributed by atoms with Gasteiger partial charge in [-0.25, -0.2) is 4.79 Å². The second-order valence-electron chi connectivity index (χ2n) is 11.0. The van der Waals surface area contributed by atoms with Gasteiger partial charge in [0.2, 0.25) is 0 Å². The minimum Gasteiger partial charge on any atom is -0.456 e. The van der Waals surface area contributed by atoms with Gasteiger partial charge in [0.05, 0.1) is 12.2 Å². The highest BCUT2D eigenvalue weighted by Gasteiger charge is 2.80. The Morgan fingerprint density at radius 2 is 1.10 bits per heavy atom. The Morgan fingerprint density at radius 1 is 0.688 bits per heavy atom. The highest BCUT2D eigenvalue weighted by atomic mass is 32.1. The molecule has 0 radical (unpaired) electrons. The number of carbonyl (C=O) groups excluding carboxylic acids is 2. The Bertz CT molecular complexity index is 1820. The molecule has 0 unspecified atom stereocenters. The van der Waals surface area contributed by atoms with E-state index in [1.54, 1.807) is 36.4 Å². The molecule has 12 heteroatoms. The monoisotopic (exact) mass is 710 g/mol. The van der Waals surface area contributed by atoms with E-state index in [0.717, 1.165) is 39.9 Å². The zero-order chi connectivity index (χ0) is 33.6. The van der Waals surface area contributed by atoms with E-state index in [4.69, 9.17) is 9.47 Å². The Kier molecular flexibility index (Phi) is 11.6. The van der Waals surface area contributed by atoms with E-state index in [-0.39, 0.29) is 59.6 Å². The molecule has 0 bridgehead atoms. The quantitative estimate of drug-likeness (QED) is 0.0934. The molecule has 0 saturated heterocycles. The number of hydrogen-bond acceptors (Lipinski definition) is 6. The maximum atomic E-state index is 15.3.